The van der Waals surface area contributed by atoms with Crippen molar-refractivity contribution >= 4 is 0 Å². The van der Waals surface area contributed by atoms with Gasteiger partial charge >= 0.3 is 0 Å². The Hall–Kier alpha value is -2.61. The number of nitrogens with zero attached hydrogens (tertiary/aromatic N) is 6. The van der Waals surface area contributed by atoms with Crippen molar-refractivity contribution in [3.05, 3.63) is 54.4 Å². The van der Waals surface area contributed by atoms with Gasteiger partial charge in [0.05, 0.1) is 6.54 Å². The minimum absolute atomic E-state index is 0.308. The van der Waals surface area contributed by atoms with Gasteiger partial charge in [0.1, 0.15) is 36.3 Å². The van der Waals surface area contributed by atoms with Gasteiger partial charge < -0.3 is 5.32 Å². The Kier molecular flexibility index (Phi) is 3.58. The van der Waals surface area contributed by atoms with Crippen molar-refractivity contribution in [2.24, 2.45) is 0 Å². The van der Waals surface area contributed by atoms with Crippen LogP contribution in [-0.2, 0) is 19.5 Å². The van der Waals surface area contributed by atoms with E-state index < -0.39 is 0 Å². The lowest BCUT2D eigenvalue weighted by Gasteiger charge is -2.23. The maximum atomic E-state index is 14.2. The molecule has 0 aliphatic carbocycles. The number of hydrogen-bond donors (Lipinski definition) is 1. The van der Waals surface area contributed by atoms with Crippen LogP contribution in [0.25, 0.3) is 5.69 Å². The molecule has 0 fully saturated rings. The van der Waals surface area contributed by atoms with Gasteiger partial charge in [-0.15, -0.1) is 0 Å². The fourth-order valence-corrected chi connectivity index (χ4v) is 2.85. The van der Waals surface area contributed by atoms with Crippen molar-refractivity contribution in [3.63, 3.8) is 0 Å². The molecule has 4 rings (SSSR count). The highest BCUT2D eigenvalue weighted by atomic mass is 19.1. The molecule has 0 radical (unpaired) electrons. The summed E-state index contributed by atoms with van der Waals surface area (Å²) in [5.41, 5.74) is 1.30. The van der Waals surface area contributed by atoms with Crippen LogP contribution in [0.15, 0.2) is 37.2 Å². The summed E-state index contributed by atoms with van der Waals surface area (Å²) in [6.45, 7) is 1.41. The van der Waals surface area contributed by atoms with Gasteiger partial charge in [-0.2, -0.15) is 10.2 Å². The Labute approximate surface area is 132 Å². The first-order valence-corrected chi connectivity index (χ1v) is 7.53. The molecule has 3 aromatic rings. The smallest absolute Gasteiger partial charge is 0.149 e. The highest BCUT2D eigenvalue weighted by Crippen LogP contribution is 2.15. The van der Waals surface area contributed by atoms with Crippen LogP contribution in [0, 0.1) is 5.82 Å². The highest BCUT2D eigenvalue weighted by molar-refractivity contribution is 5.35. The monoisotopic (exact) mass is 313 g/mol. The van der Waals surface area contributed by atoms with E-state index in [2.05, 4.69) is 25.5 Å². The molecule has 2 aromatic heterocycles. The van der Waals surface area contributed by atoms with Gasteiger partial charge in [0.2, 0.25) is 0 Å². The molecule has 23 heavy (non-hydrogen) atoms. The van der Waals surface area contributed by atoms with E-state index in [1.54, 1.807) is 12.4 Å². The number of hydrogen-bond acceptors (Lipinski definition) is 5. The summed E-state index contributed by atoms with van der Waals surface area (Å²) in [6, 6.07) is 5.48. The predicted octanol–water partition coefficient (Wildman–Crippen LogP) is 1.10. The maximum absolute atomic E-state index is 14.2. The first kappa shape index (κ1) is 14.0. The van der Waals surface area contributed by atoms with Crippen LogP contribution in [0.1, 0.15) is 17.8 Å². The zero-order valence-electron chi connectivity index (χ0n) is 12.4. The lowest BCUT2D eigenvalue weighted by molar-refractivity contribution is 0.358. The summed E-state index contributed by atoms with van der Waals surface area (Å²) in [4.78, 5) is 8.05. The third-order valence-electron chi connectivity index (χ3n) is 4.08. The highest BCUT2D eigenvalue weighted by Gasteiger charge is 2.19. The maximum Gasteiger partial charge on any atom is 0.149 e. The Morgan fingerprint density at radius 1 is 1.26 bits per heavy atom. The first-order chi connectivity index (χ1) is 11.3. The molecule has 0 spiro atoms. The molecule has 0 amide bonds. The summed E-state index contributed by atoms with van der Waals surface area (Å²) in [6.07, 6.45) is 6.38. The van der Waals surface area contributed by atoms with Crippen molar-refractivity contribution in [2.75, 3.05) is 0 Å². The van der Waals surface area contributed by atoms with Gasteiger partial charge in [-0.3, -0.25) is 0 Å². The quantitative estimate of drug-likeness (QED) is 0.781. The molecule has 1 aliphatic heterocycles. The fourth-order valence-electron chi connectivity index (χ4n) is 2.85. The Morgan fingerprint density at radius 2 is 2.22 bits per heavy atom. The molecule has 0 saturated carbocycles. The summed E-state index contributed by atoms with van der Waals surface area (Å²) >= 11 is 0. The molecule has 0 unspecified atom stereocenters. The minimum Gasteiger partial charge on any atom is -0.308 e. The van der Waals surface area contributed by atoms with E-state index in [9.17, 15) is 4.39 Å². The predicted molar refractivity (Wildman–Crippen MR) is 80.3 cm³/mol. The number of benzene rings is 1. The molecule has 1 N–H and O–H groups in total. The molecule has 8 heteroatoms. The van der Waals surface area contributed by atoms with Crippen molar-refractivity contribution in [3.8, 4) is 5.69 Å². The molecule has 118 valence electrons. The molecular weight excluding hydrogens is 297 g/mol. The van der Waals surface area contributed by atoms with Gasteiger partial charge in [-0.05, 0) is 24.1 Å². The van der Waals surface area contributed by atoms with Crippen LogP contribution >= 0.6 is 0 Å². The lowest BCUT2D eigenvalue weighted by Crippen LogP contribution is -2.37. The van der Waals surface area contributed by atoms with Gasteiger partial charge in [-0.1, -0.05) is 6.07 Å². The number of halogens is 1. The average molecular weight is 313 g/mol. The second-order valence-electron chi connectivity index (χ2n) is 5.60. The van der Waals surface area contributed by atoms with Crippen molar-refractivity contribution in [2.45, 2.75) is 32.0 Å². The normalized spacial score (nSPS) is 17.2. The molecule has 1 aliphatic rings. The van der Waals surface area contributed by atoms with Crippen molar-refractivity contribution in [1.29, 1.82) is 0 Å². The first-order valence-electron chi connectivity index (χ1n) is 7.53. The standard InChI is InChI=1S/C15H16FN7/c16-13-5-11(1-3-14(13)23-10-17-8-20-23)6-18-12-2-4-15-19-9-21-22(15)7-12/h1,3,5,8-10,12,18H,2,4,6-7H2/t12-/m1/s1. The lowest BCUT2D eigenvalue weighted by atomic mass is 10.1. The number of aromatic nitrogens is 6. The molecule has 1 aromatic carbocycles. The second-order valence-corrected chi connectivity index (χ2v) is 5.60. The van der Waals surface area contributed by atoms with Gasteiger partial charge in [0.25, 0.3) is 0 Å². The Balaban J connectivity index is 1.41. The van der Waals surface area contributed by atoms with Gasteiger partial charge in [-0.25, -0.2) is 23.7 Å². The number of nitrogens with one attached hydrogen (secondary N) is 1. The van der Waals surface area contributed by atoms with Crippen molar-refractivity contribution in [1.82, 2.24) is 34.8 Å². The Bertz CT molecular complexity index is 796. The van der Waals surface area contributed by atoms with Gasteiger partial charge in [0, 0.05) is 19.0 Å². The summed E-state index contributed by atoms with van der Waals surface area (Å²) in [7, 11) is 0. The third-order valence-corrected chi connectivity index (χ3v) is 4.08. The molecule has 3 heterocycles. The number of fused-ring (bicyclic) bond motifs is 1. The zero-order chi connectivity index (χ0) is 15.6. The molecule has 7 nitrogen and oxygen atoms in total. The summed E-state index contributed by atoms with van der Waals surface area (Å²) in [5.74, 6) is 0.725. The van der Waals surface area contributed by atoms with E-state index in [-0.39, 0.29) is 5.82 Å². The van der Waals surface area contributed by atoms with E-state index in [1.165, 1.54) is 23.4 Å². The third kappa shape index (κ3) is 2.85. The average Bonchev–Trinajstić information content (AvgIpc) is 3.24. The van der Waals surface area contributed by atoms with E-state index in [0.29, 0.717) is 18.3 Å². The summed E-state index contributed by atoms with van der Waals surface area (Å²) in [5, 5.41) is 11.6. The molecular formula is C15H16FN7. The number of aryl methyl sites for hydroxylation is 1. The van der Waals surface area contributed by atoms with E-state index in [1.807, 2.05) is 10.7 Å². The van der Waals surface area contributed by atoms with Crippen LogP contribution in [0.5, 0.6) is 0 Å². The van der Waals surface area contributed by atoms with E-state index >= 15 is 0 Å². The van der Waals surface area contributed by atoms with Crippen LogP contribution < -0.4 is 5.32 Å². The SMILES string of the molecule is Fc1cc(CN[C@@H]2CCc3ncnn3C2)ccc1-n1cncn1. The van der Waals surface area contributed by atoms with E-state index in [0.717, 1.165) is 30.8 Å². The van der Waals surface area contributed by atoms with Crippen LogP contribution in [0.2, 0.25) is 0 Å². The number of rotatable bonds is 4. The topological polar surface area (TPSA) is 73.5 Å². The van der Waals surface area contributed by atoms with Gasteiger partial charge in [0.15, 0.2) is 0 Å². The summed E-state index contributed by atoms with van der Waals surface area (Å²) < 4.78 is 17.5. The van der Waals surface area contributed by atoms with Crippen molar-refractivity contribution < 1.29 is 4.39 Å². The van der Waals surface area contributed by atoms with Crippen LogP contribution in [0.3, 0.4) is 0 Å². The molecule has 0 bridgehead atoms. The van der Waals surface area contributed by atoms with Crippen LogP contribution in [-0.4, -0.2) is 35.6 Å². The zero-order valence-corrected chi connectivity index (χ0v) is 12.4. The molecule has 1 atom stereocenters. The van der Waals surface area contributed by atoms with Crippen LogP contribution in [0.4, 0.5) is 4.39 Å². The largest absolute Gasteiger partial charge is 0.308 e. The van der Waals surface area contributed by atoms with E-state index in [4.69, 9.17) is 0 Å². The fraction of sp³-hybridized carbons (Fsp3) is 0.333. The minimum atomic E-state index is -0.308. The second kappa shape index (κ2) is 5.88. The Morgan fingerprint density at radius 3 is 3.04 bits per heavy atom. The molecule has 0 saturated heterocycles.